The van der Waals surface area contributed by atoms with Gasteiger partial charge in [0.2, 0.25) is 5.91 Å². The SMILES string of the molecule is Cc1nc(-c2ccncc2)[nH]c(=O)c1CC(=O)N(C)[C@@H](C)c1ccc(F)cc1. The number of rotatable bonds is 5. The number of amides is 1. The molecule has 0 fully saturated rings. The average Bonchev–Trinajstić information content (AvgIpc) is 2.70. The third-order valence-corrected chi connectivity index (χ3v) is 4.83. The van der Waals surface area contributed by atoms with Crippen LogP contribution in [0.2, 0.25) is 0 Å². The van der Waals surface area contributed by atoms with Crippen LogP contribution < -0.4 is 5.56 Å². The molecule has 3 rings (SSSR count). The van der Waals surface area contributed by atoms with Crippen LogP contribution in [0.25, 0.3) is 11.4 Å². The number of H-pyrrole nitrogens is 1. The van der Waals surface area contributed by atoms with Gasteiger partial charge in [0, 0.05) is 36.3 Å². The van der Waals surface area contributed by atoms with Crippen molar-refractivity contribution in [2.45, 2.75) is 26.3 Å². The molecular weight excluding hydrogens is 359 g/mol. The van der Waals surface area contributed by atoms with Gasteiger partial charge in [0.05, 0.1) is 12.5 Å². The Morgan fingerprint density at radius 1 is 1.18 bits per heavy atom. The molecule has 0 saturated carbocycles. The van der Waals surface area contributed by atoms with Crippen LogP contribution in [0.3, 0.4) is 0 Å². The number of likely N-dealkylation sites (N-methyl/N-ethyl adjacent to an activating group) is 1. The van der Waals surface area contributed by atoms with Crippen molar-refractivity contribution in [3.63, 3.8) is 0 Å². The van der Waals surface area contributed by atoms with E-state index in [-0.39, 0.29) is 29.7 Å². The van der Waals surface area contributed by atoms with Crippen LogP contribution in [-0.2, 0) is 11.2 Å². The van der Waals surface area contributed by atoms with Crippen LogP contribution in [0.4, 0.5) is 4.39 Å². The molecule has 0 unspecified atom stereocenters. The van der Waals surface area contributed by atoms with E-state index in [1.54, 1.807) is 55.5 Å². The molecule has 1 atom stereocenters. The number of carbonyl (C=O) groups excluding carboxylic acids is 1. The van der Waals surface area contributed by atoms with Crippen molar-refractivity contribution in [1.29, 1.82) is 0 Å². The van der Waals surface area contributed by atoms with Gasteiger partial charge in [-0.25, -0.2) is 9.37 Å². The quantitative estimate of drug-likeness (QED) is 0.738. The van der Waals surface area contributed by atoms with Crippen molar-refractivity contribution < 1.29 is 9.18 Å². The Hall–Kier alpha value is -3.35. The van der Waals surface area contributed by atoms with Crippen molar-refractivity contribution in [3.05, 3.63) is 81.8 Å². The van der Waals surface area contributed by atoms with Crippen LogP contribution >= 0.6 is 0 Å². The van der Waals surface area contributed by atoms with Crippen molar-refractivity contribution in [2.24, 2.45) is 0 Å². The first kappa shape index (κ1) is 19.4. The van der Waals surface area contributed by atoms with Gasteiger partial charge in [0.25, 0.3) is 5.56 Å². The fraction of sp³-hybridized carbons (Fsp3) is 0.238. The lowest BCUT2D eigenvalue weighted by Crippen LogP contribution is -2.33. The number of aromatic nitrogens is 3. The minimum absolute atomic E-state index is 0.0627. The highest BCUT2D eigenvalue weighted by atomic mass is 19.1. The van der Waals surface area contributed by atoms with Crippen LogP contribution in [0, 0.1) is 12.7 Å². The molecule has 0 saturated heterocycles. The van der Waals surface area contributed by atoms with Gasteiger partial charge in [-0.1, -0.05) is 12.1 Å². The molecule has 1 N–H and O–H groups in total. The van der Waals surface area contributed by atoms with Gasteiger partial charge in [-0.2, -0.15) is 0 Å². The van der Waals surface area contributed by atoms with E-state index in [9.17, 15) is 14.0 Å². The van der Waals surface area contributed by atoms with Gasteiger partial charge >= 0.3 is 0 Å². The van der Waals surface area contributed by atoms with E-state index in [0.29, 0.717) is 17.1 Å². The van der Waals surface area contributed by atoms with E-state index in [0.717, 1.165) is 11.1 Å². The zero-order valence-corrected chi connectivity index (χ0v) is 15.9. The lowest BCUT2D eigenvalue weighted by Gasteiger charge is -2.25. The second-order valence-electron chi connectivity index (χ2n) is 6.62. The Kier molecular flexibility index (Phi) is 5.63. The first-order chi connectivity index (χ1) is 13.4. The van der Waals surface area contributed by atoms with Crippen molar-refractivity contribution >= 4 is 5.91 Å². The summed E-state index contributed by atoms with van der Waals surface area (Å²) in [6.07, 6.45) is 3.18. The summed E-state index contributed by atoms with van der Waals surface area (Å²) in [5.74, 6) is -0.106. The van der Waals surface area contributed by atoms with E-state index in [4.69, 9.17) is 0 Å². The van der Waals surface area contributed by atoms with Gasteiger partial charge < -0.3 is 9.88 Å². The fourth-order valence-electron chi connectivity index (χ4n) is 2.92. The van der Waals surface area contributed by atoms with Crippen molar-refractivity contribution in [2.75, 3.05) is 7.05 Å². The monoisotopic (exact) mass is 380 g/mol. The molecule has 1 amide bonds. The largest absolute Gasteiger partial charge is 0.339 e. The summed E-state index contributed by atoms with van der Waals surface area (Å²) in [4.78, 5) is 37.9. The number of nitrogens with one attached hydrogen (secondary N) is 1. The highest BCUT2D eigenvalue weighted by Gasteiger charge is 2.20. The van der Waals surface area contributed by atoms with E-state index in [1.807, 2.05) is 6.92 Å². The van der Waals surface area contributed by atoms with E-state index in [2.05, 4.69) is 15.0 Å². The number of aryl methyl sites for hydroxylation is 1. The number of hydrogen-bond acceptors (Lipinski definition) is 4. The maximum atomic E-state index is 13.1. The molecule has 2 heterocycles. The molecule has 0 radical (unpaired) electrons. The van der Waals surface area contributed by atoms with E-state index >= 15 is 0 Å². The van der Waals surface area contributed by atoms with Crippen LogP contribution in [0.15, 0.2) is 53.6 Å². The number of hydrogen-bond donors (Lipinski definition) is 1. The third-order valence-electron chi connectivity index (χ3n) is 4.83. The molecule has 0 spiro atoms. The summed E-state index contributed by atoms with van der Waals surface area (Å²) in [5.41, 5.74) is 2.06. The summed E-state index contributed by atoms with van der Waals surface area (Å²) in [6, 6.07) is 9.26. The molecule has 1 aromatic carbocycles. The Morgan fingerprint density at radius 2 is 1.82 bits per heavy atom. The van der Waals surface area contributed by atoms with Crippen molar-refractivity contribution in [3.8, 4) is 11.4 Å². The van der Waals surface area contributed by atoms with Gasteiger partial charge in [0.15, 0.2) is 0 Å². The number of carbonyl (C=O) groups is 1. The zero-order chi connectivity index (χ0) is 20.3. The number of halogens is 1. The lowest BCUT2D eigenvalue weighted by atomic mass is 10.1. The number of aromatic amines is 1. The Labute approximate surface area is 162 Å². The summed E-state index contributed by atoms with van der Waals surface area (Å²) in [5, 5.41) is 0. The average molecular weight is 380 g/mol. The minimum Gasteiger partial charge on any atom is -0.339 e. The van der Waals surface area contributed by atoms with Gasteiger partial charge in [-0.05, 0) is 43.7 Å². The minimum atomic E-state index is -0.338. The molecule has 0 aliphatic carbocycles. The van der Waals surface area contributed by atoms with Crippen LogP contribution in [0.5, 0.6) is 0 Å². The third kappa shape index (κ3) is 4.14. The van der Waals surface area contributed by atoms with Crippen LogP contribution in [-0.4, -0.2) is 32.8 Å². The molecule has 144 valence electrons. The normalized spacial score (nSPS) is 11.9. The molecule has 0 aliphatic rings. The maximum absolute atomic E-state index is 13.1. The summed E-state index contributed by atoms with van der Waals surface area (Å²) < 4.78 is 13.1. The molecule has 0 aliphatic heterocycles. The molecule has 6 nitrogen and oxygen atoms in total. The molecule has 0 bridgehead atoms. The number of benzene rings is 1. The summed E-state index contributed by atoms with van der Waals surface area (Å²) in [6.45, 7) is 3.57. The van der Waals surface area contributed by atoms with E-state index < -0.39 is 0 Å². The fourth-order valence-corrected chi connectivity index (χ4v) is 2.92. The zero-order valence-electron chi connectivity index (χ0n) is 15.9. The lowest BCUT2D eigenvalue weighted by molar-refractivity contribution is -0.131. The van der Waals surface area contributed by atoms with Gasteiger partial charge in [0.1, 0.15) is 11.6 Å². The second kappa shape index (κ2) is 8.12. The molecule has 28 heavy (non-hydrogen) atoms. The highest BCUT2D eigenvalue weighted by Crippen LogP contribution is 2.20. The smallest absolute Gasteiger partial charge is 0.255 e. The predicted octanol–water partition coefficient (Wildman–Crippen LogP) is 3.04. The molecule has 7 heteroatoms. The number of pyridine rings is 1. The first-order valence-corrected chi connectivity index (χ1v) is 8.88. The summed E-state index contributed by atoms with van der Waals surface area (Å²) in [7, 11) is 1.67. The molecule has 2 aromatic heterocycles. The van der Waals surface area contributed by atoms with Gasteiger partial charge in [-0.3, -0.25) is 14.6 Å². The Bertz CT molecular complexity index is 1030. The Morgan fingerprint density at radius 3 is 2.43 bits per heavy atom. The van der Waals surface area contributed by atoms with Gasteiger partial charge in [-0.15, -0.1) is 0 Å². The summed E-state index contributed by atoms with van der Waals surface area (Å²) >= 11 is 0. The first-order valence-electron chi connectivity index (χ1n) is 8.88. The molecular formula is C21H21FN4O2. The highest BCUT2D eigenvalue weighted by molar-refractivity contribution is 5.79. The van der Waals surface area contributed by atoms with Crippen molar-refractivity contribution in [1.82, 2.24) is 19.9 Å². The molecule has 3 aromatic rings. The maximum Gasteiger partial charge on any atom is 0.255 e. The van der Waals surface area contributed by atoms with E-state index in [1.165, 1.54) is 12.1 Å². The Balaban J connectivity index is 1.80. The standard InChI is InChI=1S/C21H21FN4O2/c1-13-18(21(28)25-20(24-13)16-8-10-23-11-9-16)12-19(27)26(3)14(2)15-4-6-17(22)7-5-15/h4-11,14H,12H2,1-3H3,(H,24,25,28)/t14-/m0/s1. The predicted molar refractivity (Wildman–Crippen MR) is 104 cm³/mol. The van der Waals surface area contributed by atoms with Crippen LogP contribution in [0.1, 0.15) is 29.8 Å². The topological polar surface area (TPSA) is 79.0 Å². The second-order valence-corrected chi connectivity index (χ2v) is 6.62. The number of nitrogens with zero attached hydrogens (tertiary/aromatic N) is 3.